The highest BCUT2D eigenvalue weighted by atomic mass is 16.5. The maximum atomic E-state index is 12.7. The number of ether oxygens (including phenoxy) is 1. The van der Waals surface area contributed by atoms with Crippen molar-refractivity contribution >= 4 is 16.8 Å². The number of aryl methyl sites for hydroxylation is 2. The normalized spacial score (nSPS) is 16.5. The summed E-state index contributed by atoms with van der Waals surface area (Å²) in [7, 11) is 1.59. The van der Waals surface area contributed by atoms with Crippen molar-refractivity contribution in [2.75, 3.05) is 7.11 Å². The van der Waals surface area contributed by atoms with Gasteiger partial charge in [-0.05, 0) is 56.0 Å². The molecule has 0 saturated carbocycles. The van der Waals surface area contributed by atoms with Crippen molar-refractivity contribution in [3.63, 3.8) is 0 Å². The molecule has 25 heavy (non-hydrogen) atoms. The standard InChI is InChI=1S/C21H22N2O2/c1-13-7-9-18-16(11-13)17-12-14(8-10-19(17)23-18)22-21(24)15-5-3-4-6-20(15)25-2/h3-7,9,11,14,23H,8,10,12H2,1-2H3,(H,22,24). The molecule has 4 nitrogen and oxygen atoms in total. The van der Waals surface area contributed by atoms with Gasteiger partial charge in [0.2, 0.25) is 0 Å². The Hall–Kier alpha value is -2.75. The number of hydrogen-bond donors (Lipinski definition) is 2. The molecular weight excluding hydrogens is 312 g/mol. The van der Waals surface area contributed by atoms with E-state index in [1.807, 2.05) is 18.2 Å². The minimum atomic E-state index is -0.0677. The van der Waals surface area contributed by atoms with Crippen LogP contribution in [0, 0.1) is 6.92 Å². The molecule has 128 valence electrons. The Kier molecular flexibility index (Phi) is 3.96. The molecule has 1 amide bonds. The van der Waals surface area contributed by atoms with Gasteiger partial charge in [0.15, 0.2) is 0 Å². The number of carbonyl (C=O) groups excluding carboxylic acids is 1. The second-order valence-corrected chi connectivity index (χ2v) is 6.74. The van der Waals surface area contributed by atoms with Crippen molar-refractivity contribution in [3.05, 3.63) is 64.8 Å². The number of methoxy groups -OCH3 is 1. The van der Waals surface area contributed by atoms with Gasteiger partial charge < -0.3 is 15.0 Å². The molecule has 3 aromatic rings. The molecule has 1 aliphatic rings. The SMILES string of the molecule is COc1ccccc1C(=O)NC1CCc2[nH]c3ccc(C)cc3c2C1. The fourth-order valence-electron chi connectivity index (χ4n) is 3.75. The van der Waals surface area contributed by atoms with Gasteiger partial charge >= 0.3 is 0 Å². The Labute approximate surface area is 147 Å². The fourth-order valence-corrected chi connectivity index (χ4v) is 3.75. The van der Waals surface area contributed by atoms with Crippen LogP contribution in [-0.2, 0) is 12.8 Å². The highest BCUT2D eigenvalue weighted by Crippen LogP contribution is 2.30. The molecule has 1 heterocycles. The quantitative estimate of drug-likeness (QED) is 0.766. The van der Waals surface area contributed by atoms with E-state index < -0.39 is 0 Å². The van der Waals surface area contributed by atoms with E-state index in [-0.39, 0.29) is 11.9 Å². The lowest BCUT2D eigenvalue weighted by Gasteiger charge is -2.24. The molecule has 0 saturated heterocycles. The molecule has 0 aliphatic heterocycles. The molecule has 1 aliphatic carbocycles. The third-order valence-corrected chi connectivity index (χ3v) is 5.03. The van der Waals surface area contributed by atoms with Crippen molar-refractivity contribution in [3.8, 4) is 5.75 Å². The van der Waals surface area contributed by atoms with Gasteiger partial charge in [-0.25, -0.2) is 0 Å². The molecule has 0 radical (unpaired) electrons. The van der Waals surface area contributed by atoms with Crippen molar-refractivity contribution < 1.29 is 9.53 Å². The number of fused-ring (bicyclic) bond motifs is 3. The summed E-state index contributed by atoms with van der Waals surface area (Å²) in [5.41, 5.74) is 5.69. The number of benzene rings is 2. The lowest BCUT2D eigenvalue weighted by Crippen LogP contribution is -2.38. The Bertz CT molecular complexity index is 942. The average molecular weight is 334 g/mol. The van der Waals surface area contributed by atoms with Gasteiger partial charge in [-0.2, -0.15) is 0 Å². The van der Waals surface area contributed by atoms with Crippen molar-refractivity contribution in [2.24, 2.45) is 0 Å². The summed E-state index contributed by atoms with van der Waals surface area (Å²) in [5, 5.41) is 4.47. The van der Waals surface area contributed by atoms with Crippen LogP contribution >= 0.6 is 0 Å². The minimum Gasteiger partial charge on any atom is -0.496 e. The number of amides is 1. The van der Waals surface area contributed by atoms with Crippen LogP contribution in [-0.4, -0.2) is 24.0 Å². The van der Waals surface area contributed by atoms with Crippen LogP contribution in [0.3, 0.4) is 0 Å². The van der Waals surface area contributed by atoms with Crippen LogP contribution in [0.15, 0.2) is 42.5 Å². The van der Waals surface area contributed by atoms with Crippen LogP contribution in [0.5, 0.6) is 5.75 Å². The van der Waals surface area contributed by atoms with Gasteiger partial charge in [-0.1, -0.05) is 23.8 Å². The van der Waals surface area contributed by atoms with Crippen molar-refractivity contribution in [1.29, 1.82) is 0 Å². The highest BCUT2D eigenvalue weighted by molar-refractivity contribution is 5.97. The summed E-state index contributed by atoms with van der Waals surface area (Å²) in [6.45, 7) is 2.11. The number of nitrogens with one attached hydrogen (secondary N) is 2. The lowest BCUT2D eigenvalue weighted by molar-refractivity contribution is 0.0930. The predicted octanol–water partition coefficient (Wildman–Crippen LogP) is 3.77. The zero-order valence-electron chi connectivity index (χ0n) is 14.6. The largest absolute Gasteiger partial charge is 0.496 e. The molecule has 1 aromatic heterocycles. The maximum absolute atomic E-state index is 12.7. The fraction of sp³-hybridized carbons (Fsp3) is 0.286. The molecule has 0 spiro atoms. The Morgan fingerprint density at radius 1 is 1.24 bits per heavy atom. The zero-order chi connectivity index (χ0) is 17.4. The highest BCUT2D eigenvalue weighted by Gasteiger charge is 2.24. The number of carbonyl (C=O) groups is 1. The van der Waals surface area contributed by atoms with E-state index in [1.165, 1.54) is 27.7 Å². The van der Waals surface area contributed by atoms with Gasteiger partial charge in [0.25, 0.3) is 5.91 Å². The lowest BCUT2D eigenvalue weighted by atomic mass is 9.91. The summed E-state index contributed by atoms with van der Waals surface area (Å²) in [5.74, 6) is 0.543. The van der Waals surface area contributed by atoms with Crippen LogP contribution in [0.4, 0.5) is 0 Å². The van der Waals surface area contributed by atoms with Crippen LogP contribution in [0.2, 0.25) is 0 Å². The predicted molar refractivity (Wildman–Crippen MR) is 99.3 cm³/mol. The third-order valence-electron chi connectivity index (χ3n) is 5.03. The summed E-state index contributed by atoms with van der Waals surface area (Å²) in [4.78, 5) is 16.2. The second-order valence-electron chi connectivity index (χ2n) is 6.74. The monoisotopic (exact) mass is 334 g/mol. The number of para-hydroxylation sites is 1. The van der Waals surface area contributed by atoms with E-state index in [0.29, 0.717) is 11.3 Å². The molecule has 4 heteroatoms. The summed E-state index contributed by atoms with van der Waals surface area (Å²) in [6, 6.07) is 14.0. The third kappa shape index (κ3) is 2.88. The van der Waals surface area contributed by atoms with E-state index in [1.54, 1.807) is 13.2 Å². The minimum absolute atomic E-state index is 0.0677. The van der Waals surface area contributed by atoms with Gasteiger partial charge in [0.05, 0.1) is 12.7 Å². The average Bonchev–Trinajstić information content (AvgIpc) is 2.99. The van der Waals surface area contributed by atoms with E-state index >= 15 is 0 Å². The number of aromatic amines is 1. The number of rotatable bonds is 3. The summed E-state index contributed by atoms with van der Waals surface area (Å²) in [6.07, 6.45) is 2.76. The van der Waals surface area contributed by atoms with Crippen LogP contribution < -0.4 is 10.1 Å². The van der Waals surface area contributed by atoms with Gasteiger partial charge in [-0.15, -0.1) is 0 Å². The van der Waals surface area contributed by atoms with Gasteiger partial charge in [0, 0.05) is 22.6 Å². The molecule has 0 bridgehead atoms. The first-order valence-electron chi connectivity index (χ1n) is 8.69. The Morgan fingerprint density at radius 2 is 2.08 bits per heavy atom. The number of aromatic nitrogens is 1. The smallest absolute Gasteiger partial charge is 0.255 e. The van der Waals surface area contributed by atoms with Crippen molar-refractivity contribution in [1.82, 2.24) is 10.3 Å². The molecule has 1 atom stereocenters. The number of H-pyrrole nitrogens is 1. The Balaban J connectivity index is 1.57. The van der Waals surface area contributed by atoms with E-state index in [2.05, 4.69) is 35.4 Å². The first-order chi connectivity index (χ1) is 12.2. The molecular formula is C21H22N2O2. The van der Waals surface area contributed by atoms with Crippen LogP contribution in [0.25, 0.3) is 10.9 Å². The molecule has 0 fully saturated rings. The molecule has 2 N–H and O–H groups in total. The van der Waals surface area contributed by atoms with Gasteiger partial charge in [-0.3, -0.25) is 4.79 Å². The first-order valence-corrected chi connectivity index (χ1v) is 8.69. The van der Waals surface area contributed by atoms with Crippen molar-refractivity contribution in [2.45, 2.75) is 32.2 Å². The maximum Gasteiger partial charge on any atom is 0.255 e. The zero-order valence-corrected chi connectivity index (χ0v) is 14.6. The molecule has 2 aromatic carbocycles. The van der Waals surface area contributed by atoms with Crippen LogP contribution in [0.1, 0.15) is 33.6 Å². The van der Waals surface area contributed by atoms with E-state index in [9.17, 15) is 4.79 Å². The summed E-state index contributed by atoms with van der Waals surface area (Å²) < 4.78 is 5.30. The topological polar surface area (TPSA) is 54.1 Å². The second kappa shape index (κ2) is 6.28. The molecule has 1 unspecified atom stereocenters. The van der Waals surface area contributed by atoms with E-state index in [4.69, 9.17) is 4.74 Å². The molecule has 4 rings (SSSR count). The van der Waals surface area contributed by atoms with Gasteiger partial charge in [0.1, 0.15) is 5.75 Å². The Morgan fingerprint density at radius 3 is 2.92 bits per heavy atom. The first kappa shape index (κ1) is 15.8. The summed E-state index contributed by atoms with van der Waals surface area (Å²) >= 11 is 0. The number of hydrogen-bond acceptors (Lipinski definition) is 2. The van der Waals surface area contributed by atoms with E-state index in [0.717, 1.165) is 19.3 Å².